The second-order valence-electron chi connectivity index (χ2n) is 2.67. The average molecular weight is 220 g/mol. The van der Waals surface area contributed by atoms with Gasteiger partial charge in [-0.05, 0) is 6.92 Å². The number of hydrogen-bond donors (Lipinski definition) is 0. The van der Waals surface area contributed by atoms with Gasteiger partial charge < -0.3 is 0 Å². The molecule has 1 heterocycles. The third kappa shape index (κ3) is 2.07. The Labute approximate surface area is 82.3 Å². The van der Waals surface area contributed by atoms with E-state index in [0.29, 0.717) is 6.54 Å². The molecular formula is C7H12N2O2S2. The van der Waals surface area contributed by atoms with Crippen molar-refractivity contribution in [2.24, 2.45) is 0 Å². The number of aromatic nitrogens is 1. The summed E-state index contributed by atoms with van der Waals surface area (Å²) in [5.41, 5.74) is 0.744. The van der Waals surface area contributed by atoms with Crippen molar-refractivity contribution in [3.05, 3.63) is 11.1 Å². The van der Waals surface area contributed by atoms with Gasteiger partial charge in [0.25, 0.3) is 10.0 Å². The topological polar surface area (TPSA) is 50.3 Å². The Kier molecular flexibility index (Phi) is 3.05. The van der Waals surface area contributed by atoms with Crippen molar-refractivity contribution in [1.82, 2.24) is 9.29 Å². The van der Waals surface area contributed by atoms with Gasteiger partial charge in [0.1, 0.15) is 0 Å². The van der Waals surface area contributed by atoms with E-state index in [1.165, 1.54) is 4.31 Å². The van der Waals surface area contributed by atoms with Gasteiger partial charge >= 0.3 is 0 Å². The van der Waals surface area contributed by atoms with Gasteiger partial charge in [-0.15, -0.1) is 11.3 Å². The highest BCUT2D eigenvalue weighted by molar-refractivity contribution is 7.91. The Morgan fingerprint density at radius 1 is 1.62 bits per heavy atom. The summed E-state index contributed by atoms with van der Waals surface area (Å²) in [5.74, 6) is 0. The summed E-state index contributed by atoms with van der Waals surface area (Å²) in [5, 5.41) is 1.73. The van der Waals surface area contributed by atoms with Crippen LogP contribution in [0.2, 0.25) is 0 Å². The van der Waals surface area contributed by atoms with E-state index in [2.05, 4.69) is 4.98 Å². The Bertz CT molecular complexity index is 383. The number of nitrogens with zero attached hydrogens (tertiary/aromatic N) is 2. The van der Waals surface area contributed by atoms with Crippen LogP contribution in [0.4, 0.5) is 0 Å². The summed E-state index contributed by atoms with van der Waals surface area (Å²) in [7, 11) is -1.78. The van der Waals surface area contributed by atoms with Gasteiger partial charge in [0.2, 0.25) is 4.34 Å². The lowest BCUT2D eigenvalue weighted by molar-refractivity contribution is 0.485. The van der Waals surface area contributed by atoms with E-state index in [1.807, 2.05) is 0 Å². The molecule has 4 nitrogen and oxygen atoms in total. The first-order valence-corrected chi connectivity index (χ1v) is 6.19. The SMILES string of the molecule is CCN(C)S(=O)(=O)c1nc(C)cs1. The minimum absolute atomic E-state index is 0.175. The van der Waals surface area contributed by atoms with Gasteiger partial charge in [-0.25, -0.2) is 13.4 Å². The van der Waals surface area contributed by atoms with Gasteiger partial charge in [0.15, 0.2) is 0 Å². The van der Waals surface area contributed by atoms with Crippen molar-refractivity contribution in [1.29, 1.82) is 0 Å². The summed E-state index contributed by atoms with van der Waals surface area (Å²) < 4.78 is 24.8. The predicted octanol–water partition coefficient (Wildman–Crippen LogP) is 1.09. The minimum Gasteiger partial charge on any atom is -0.229 e. The Hall–Kier alpha value is -0.460. The lowest BCUT2D eigenvalue weighted by Gasteiger charge is -2.11. The molecule has 0 saturated carbocycles. The third-order valence-electron chi connectivity index (χ3n) is 1.67. The van der Waals surface area contributed by atoms with E-state index in [1.54, 1.807) is 26.3 Å². The maximum absolute atomic E-state index is 11.7. The maximum atomic E-state index is 11.7. The van der Waals surface area contributed by atoms with Crippen molar-refractivity contribution in [3.63, 3.8) is 0 Å². The molecule has 0 aromatic carbocycles. The first kappa shape index (κ1) is 10.6. The number of sulfonamides is 1. The van der Waals surface area contributed by atoms with Crippen LogP contribution in [0.1, 0.15) is 12.6 Å². The largest absolute Gasteiger partial charge is 0.270 e. The minimum atomic E-state index is -3.33. The number of rotatable bonds is 3. The van der Waals surface area contributed by atoms with Gasteiger partial charge in [-0.1, -0.05) is 6.92 Å². The molecule has 0 aliphatic heterocycles. The summed E-state index contributed by atoms with van der Waals surface area (Å²) in [6.45, 7) is 4.03. The van der Waals surface area contributed by atoms with Crippen LogP contribution in [0.25, 0.3) is 0 Å². The van der Waals surface area contributed by atoms with Crippen LogP contribution < -0.4 is 0 Å². The van der Waals surface area contributed by atoms with Gasteiger partial charge in [-0.3, -0.25) is 0 Å². The summed E-state index contributed by atoms with van der Waals surface area (Å²) in [6, 6.07) is 0. The molecule has 6 heteroatoms. The van der Waals surface area contributed by atoms with Crippen LogP contribution in [0.5, 0.6) is 0 Å². The zero-order valence-electron chi connectivity index (χ0n) is 7.81. The molecule has 0 amide bonds. The highest BCUT2D eigenvalue weighted by Gasteiger charge is 2.22. The molecule has 0 atom stereocenters. The van der Waals surface area contributed by atoms with E-state index in [9.17, 15) is 8.42 Å². The first-order valence-electron chi connectivity index (χ1n) is 3.87. The zero-order chi connectivity index (χ0) is 10.1. The van der Waals surface area contributed by atoms with E-state index < -0.39 is 10.0 Å². The molecule has 74 valence electrons. The first-order chi connectivity index (χ1) is 5.98. The van der Waals surface area contributed by atoms with Crippen LogP contribution in [0.15, 0.2) is 9.72 Å². The summed E-state index contributed by atoms with van der Waals surface area (Å²) in [4.78, 5) is 3.94. The van der Waals surface area contributed by atoms with Crippen molar-refractivity contribution >= 4 is 21.4 Å². The van der Waals surface area contributed by atoms with Crippen LogP contribution in [-0.2, 0) is 10.0 Å². The molecule has 0 aliphatic carbocycles. The van der Waals surface area contributed by atoms with Crippen molar-refractivity contribution < 1.29 is 8.42 Å². The standard InChI is InChI=1S/C7H12N2O2S2/c1-4-9(3)13(10,11)7-8-6(2)5-12-7/h5H,4H2,1-3H3. The van der Waals surface area contributed by atoms with Gasteiger partial charge in [0.05, 0.1) is 0 Å². The number of hydrogen-bond acceptors (Lipinski definition) is 4. The molecule has 0 bridgehead atoms. The van der Waals surface area contributed by atoms with E-state index in [0.717, 1.165) is 17.0 Å². The van der Waals surface area contributed by atoms with Crippen LogP contribution in [0.3, 0.4) is 0 Å². The molecule has 1 rings (SSSR count). The number of thiazole rings is 1. The molecule has 1 aromatic rings. The second-order valence-corrected chi connectivity index (χ2v) is 5.75. The quantitative estimate of drug-likeness (QED) is 0.766. The van der Waals surface area contributed by atoms with Crippen molar-refractivity contribution in [2.75, 3.05) is 13.6 Å². The Balaban J connectivity index is 3.08. The zero-order valence-corrected chi connectivity index (χ0v) is 9.44. The highest BCUT2D eigenvalue weighted by atomic mass is 32.2. The molecule has 0 N–H and O–H groups in total. The molecule has 0 radical (unpaired) electrons. The summed E-state index contributed by atoms with van der Waals surface area (Å²) >= 11 is 1.16. The van der Waals surface area contributed by atoms with Crippen LogP contribution in [0, 0.1) is 6.92 Å². The fourth-order valence-corrected chi connectivity index (χ4v) is 3.15. The van der Waals surface area contributed by atoms with E-state index >= 15 is 0 Å². The predicted molar refractivity (Wildman–Crippen MR) is 52.3 cm³/mol. The van der Waals surface area contributed by atoms with Crippen molar-refractivity contribution in [3.8, 4) is 0 Å². The fraction of sp³-hybridized carbons (Fsp3) is 0.571. The lowest BCUT2D eigenvalue weighted by Crippen LogP contribution is -2.26. The van der Waals surface area contributed by atoms with Gasteiger partial charge in [0, 0.05) is 24.7 Å². The van der Waals surface area contributed by atoms with Gasteiger partial charge in [-0.2, -0.15) is 4.31 Å². The average Bonchev–Trinajstić information content (AvgIpc) is 2.50. The fourth-order valence-electron chi connectivity index (χ4n) is 0.754. The maximum Gasteiger partial charge on any atom is 0.270 e. The molecule has 13 heavy (non-hydrogen) atoms. The normalized spacial score (nSPS) is 12.3. The molecule has 0 fully saturated rings. The van der Waals surface area contributed by atoms with E-state index in [4.69, 9.17) is 0 Å². The highest BCUT2D eigenvalue weighted by Crippen LogP contribution is 2.18. The molecule has 0 saturated heterocycles. The smallest absolute Gasteiger partial charge is 0.229 e. The molecule has 0 aliphatic rings. The monoisotopic (exact) mass is 220 g/mol. The molecular weight excluding hydrogens is 208 g/mol. The molecule has 1 aromatic heterocycles. The molecule has 0 spiro atoms. The van der Waals surface area contributed by atoms with Crippen molar-refractivity contribution in [2.45, 2.75) is 18.2 Å². The summed E-state index contributed by atoms with van der Waals surface area (Å²) in [6.07, 6.45) is 0. The van der Waals surface area contributed by atoms with E-state index in [-0.39, 0.29) is 4.34 Å². The van der Waals surface area contributed by atoms with Crippen LogP contribution >= 0.6 is 11.3 Å². The lowest BCUT2D eigenvalue weighted by atomic mass is 10.6. The molecule has 0 unspecified atom stereocenters. The Morgan fingerprint density at radius 2 is 2.23 bits per heavy atom. The second kappa shape index (κ2) is 3.73. The van der Waals surface area contributed by atoms with Crippen LogP contribution in [-0.4, -0.2) is 31.3 Å². The number of aryl methyl sites for hydroxylation is 1. The third-order valence-corrected chi connectivity index (χ3v) is 4.96. The Morgan fingerprint density at radius 3 is 2.62 bits per heavy atom.